The molecule has 2 unspecified atom stereocenters. The molecule has 4 heteroatoms. The van der Waals surface area contributed by atoms with Crippen LogP contribution in [0.3, 0.4) is 0 Å². The Hall–Kier alpha value is -0.870. The molecule has 2 heterocycles. The van der Waals surface area contributed by atoms with Crippen LogP contribution in [0, 0.1) is 0 Å². The average Bonchev–Trinajstić information content (AvgIpc) is 2.62. The second kappa shape index (κ2) is 3.47. The van der Waals surface area contributed by atoms with Crippen LogP contribution >= 0.6 is 11.3 Å². The van der Waals surface area contributed by atoms with E-state index in [0.717, 1.165) is 0 Å². The van der Waals surface area contributed by atoms with Gasteiger partial charge in [-0.2, -0.15) is 0 Å². The number of piperazine rings is 1. The molecular weight excluding hydrogens is 184 g/mol. The number of hydrogen-bond donors (Lipinski definition) is 2. The minimum absolute atomic E-state index is 0.0825. The van der Waals surface area contributed by atoms with E-state index in [2.05, 4.69) is 22.1 Å². The lowest BCUT2D eigenvalue weighted by molar-refractivity contribution is -0.124. The van der Waals surface area contributed by atoms with Gasteiger partial charge in [-0.05, 0) is 18.4 Å². The maximum absolute atomic E-state index is 11.1. The summed E-state index contributed by atoms with van der Waals surface area (Å²) in [5.74, 6) is 0.0906. The van der Waals surface area contributed by atoms with Crippen molar-refractivity contribution >= 4 is 17.2 Å². The van der Waals surface area contributed by atoms with E-state index in [4.69, 9.17) is 0 Å². The summed E-state index contributed by atoms with van der Waals surface area (Å²) in [5, 5.41) is 8.20. The Labute approximate surface area is 81.2 Å². The van der Waals surface area contributed by atoms with E-state index in [1.54, 1.807) is 11.3 Å². The summed E-state index contributed by atoms with van der Waals surface area (Å²) in [6.07, 6.45) is 0. The molecule has 0 radical (unpaired) electrons. The smallest absolute Gasteiger partial charge is 0.236 e. The van der Waals surface area contributed by atoms with Crippen LogP contribution in [-0.2, 0) is 4.79 Å². The fraction of sp³-hybridized carbons (Fsp3) is 0.444. The maximum Gasteiger partial charge on any atom is 0.236 e. The molecule has 0 bridgehead atoms. The summed E-state index contributed by atoms with van der Waals surface area (Å²) in [4.78, 5) is 12.4. The molecule has 70 valence electrons. The van der Waals surface area contributed by atoms with E-state index in [9.17, 15) is 4.79 Å². The van der Waals surface area contributed by atoms with Crippen LogP contribution in [0.2, 0.25) is 0 Å². The molecule has 1 amide bonds. The van der Waals surface area contributed by atoms with E-state index in [1.165, 1.54) is 4.88 Å². The largest absolute Gasteiger partial charge is 0.353 e. The molecular formula is C9H12N2OS. The third-order valence-electron chi connectivity index (χ3n) is 2.21. The topological polar surface area (TPSA) is 41.1 Å². The lowest BCUT2D eigenvalue weighted by Crippen LogP contribution is -2.52. The summed E-state index contributed by atoms with van der Waals surface area (Å²) in [7, 11) is 0. The first-order chi connectivity index (χ1) is 6.27. The molecule has 0 aromatic carbocycles. The molecule has 2 atom stereocenters. The Morgan fingerprint density at radius 1 is 1.62 bits per heavy atom. The van der Waals surface area contributed by atoms with Crippen molar-refractivity contribution in [1.82, 2.24) is 10.6 Å². The Morgan fingerprint density at radius 3 is 3.08 bits per heavy atom. The maximum atomic E-state index is 11.1. The first-order valence-corrected chi connectivity index (χ1v) is 5.22. The van der Waals surface area contributed by atoms with Crippen LogP contribution in [0.5, 0.6) is 0 Å². The van der Waals surface area contributed by atoms with E-state index in [-0.39, 0.29) is 18.0 Å². The third-order valence-corrected chi connectivity index (χ3v) is 3.20. The summed E-state index contributed by atoms with van der Waals surface area (Å²) < 4.78 is 0. The fourth-order valence-electron chi connectivity index (χ4n) is 1.46. The van der Waals surface area contributed by atoms with Gasteiger partial charge in [0, 0.05) is 11.4 Å². The van der Waals surface area contributed by atoms with Gasteiger partial charge in [0.2, 0.25) is 5.91 Å². The van der Waals surface area contributed by atoms with Crippen LogP contribution in [-0.4, -0.2) is 18.5 Å². The zero-order valence-corrected chi connectivity index (χ0v) is 8.23. The van der Waals surface area contributed by atoms with Crippen molar-refractivity contribution in [3.63, 3.8) is 0 Å². The second-order valence-corrected chi connectivity index (χ2v) is 4.18. The third kappa shape index (κ3) is 1.73. The minimum Gasteiger partial charge on any atom is -0.353 e. The molecule has 3 nitrogen and oxygen atoms in total. The van der Waals surface area contributed by atoms with Crippen LogP contribution in [0.1, 0.15) is 17.8 Å². The van der Waals surface area contributed by atoms with Crippen LogP contribution in [0.15, 0.2) is 17.5 Å². The zero-order valence-electron chi connectivity index (χ0n) is 7.41. The van der Waals surface area contributed by atoms with Gasteiger partial charge in [-0.25, -0.2) is 0 Å². The monoisotopic (exact) mass is 196 g/mol. The van der Waals surface area contributed by atoms with Gasteiger partial charge in [0.15, 0.2) is 0 Å². The Kier molecular flexibility index (Phi) is 2.33. The molecule has 2 rings (SSSR count). The molecule has 1 fully saturated rings. The number of rotatable bonds is 1. The SMILES string of the molecule is CC1NC(c2cccs2)CNC1=O. The minimum atomic E-state index is -0.0825. The van der Waals surface area contributed by atoms with E-state index in [1.807, 2.05) is 13.0 Å². The van der Waals surface area contributed by atoms with Gasteiger partial charge >= 0.3 is 0 Å². The molecule has 0 aliphatic carbocycles. The number of carbonyl (C=O) groups is 1. The van der Waals surface area contributed by atoms with Gasteiger partial charge in [0.05, 0.1) is 12.1 Å². The lowest BCUT2D eigenvalue weighted by Gasteiger charge is -2.28. The molecule has 1 aliphatic rings. The van der Waals surface area contributed by atoms with E-state index < -0.39 is 0 Å². The Bertz CT molecular complexity index is 297. The van der Waals surface area contributed by atoms with Crippen molar-refractivity contribution in [1.29, 1.82) is 0 Å². The predicted octanol–water partition coefficient (Wildman–Crippen LogP) is 0.897. The van der Waals surface area contributed by atoms with Crippen molar-refractivity contribution in [2.24, 2.45) is 0 Å². The van der Waals surface area contributed by atoms with Crippen molar-refractivity contribution < 1.29 is 4.79 Å². The number of amides is 1. The van der Waals surface area contributed by atoms with Crippen molar-refractivity contribution in [3.05, 3.63) is 22.4 Å². The highest BCUT2D eigenvalue weighted by Gasteiger charge is 2.25. The summed E-state index contributed by atoms with van der Waals surface area (Å²) in [6, 6.07) is 4.32. The Balaban J connectivity index is 2.07. The highest BCUT2D eigenvalue weighted by Crippen LogP contribution is 2.20. The molecule has 2 N–H and O–H groups in total. The molecule has 13 heavy (non-hydrogen) atoms. The molecule has 1 aliphatic heterocycles. The molecule has 1 aromatic heterocycles. The van der Waals surface area contributed by atoms with Gasteiger partial charge in [0.25, 0.3) is 0 Å². The zero-order chi connectivity index (χ0) is 9.26. The number of hydrogen-bond acceptors (Lipinski definition) is 3. The average molecular weight is 196 g/mol. The number of nitrogens with one attached hydrogen (secondary N) is 2. The van der Waals surface area contributed by atoms with E-state index in [0.29, 0.717) is 6.54 Å². The first kappa shape index (κ1) is 8.72. The second-order valence-electron chi connectivity index (χ2n) is 3.20. The van der Waals surface area contributed by atoms with Gasteiger partial charge < -0.3 is 5.32 Å². The molecule has 1 saturated heterocycles. The van der Waals surface area contributed by atoms with Crippen molar-refractivity contribution in [3.8, 4) is 0 Å². The highest BCUT2D eigenvalue weighted by molar-refractivity contribution is 7.10. The van der Waals surface area contributed by atoms with Crippen LogP contribution in [0.4, 0.5) is 0 Å². The summed E-state index contributed by atoms with van der Waals surface area (Å²) in [5.41, 5.74) is 0. The number of thiophene rings is 1. The van der Waals surface area contributed by atoms with Crippen molar-refractivity contribution in [2.45, 2.75) is 19.0 Å². The summed E-state index contributed by atoms with van der Waals surface area (Å²) in [6.45, 7) is 2.58. The lowest BCUT2D eigenvalue weighted by atomic mass is 10.1. The first-order valence-electron chi connectivity index (χ1n) is 4.34. The van der Waals surface area contributed by atoms with Gasteiger partial charge in [-0.3, -0.25) is 10.1 Å². The predicted molar refractivity (Wildman–Crippen MR) is 52.7 cm³/mol. The normalized spacial score (nSPS) is 28.5. The van der Waals surface area contributed by atoms with E-state index >= 15 is 0 Å². The van der Waals surface area contributed by atoms with Crippen LogP contribution < -0.4 is 10.6 Å². The standard InChI is InChI=1S/C9H12N2OS/c1-6-9(12)10-5-7(11-6)8-3-2-4-13-8/h2-4,6-7,11H,5H2,1H3,(H,10,12). The number of carbonyl (C=O) groups excluding carboxylic acids is 1. The molecule has 0 saturated carbocycles. The molecule has 0 spiro atoms. The fourth-order valence-corrected chi connectivity index (χ4v) is 2.25. The van der Waals surface area contributed by atoms with Gasteiger partial charge in [-0.1, -0.05) is 6.07 Å². The van der Waals surface area contributed by atoms with Gasteiger partial charge in [-0.15, -0.1) is 11.3 Å². The van der Waals surface area contributed by atoms with Crippen molar-refractivity contribution in [2.75, 3.05) is 6.54 Å². The van der Waals surface area contributed by atoms with Gasteiger partial charge in [0.1, 0.15) is 0 Å². The van der Waals surface area contributed by atoms with Crippen LogP contribution in [0.25, 0.3) is 0 Å². The molecule has 1 aromatic rings. The highest BCUT2D eigenvalue weighted by atomic mass is 32.1. The Morgan fingerprint density at radius 2 is 2.46 bits per heavy atom. The summed E-state index contributed by atoms with van der Waals surface area (Å²) >= 11 is 1.72. The quantitative estimate of drug-likeness (QED) is 0.700.